The lowest BCUT2D eigenvalue weighted by Gasteiger charge is -2.31. The predicted molar refractivity (Wildman–Crippen MR) is 89.9 cm³/mol. The molecule has 4 rings (SSSR count). The van der Waals surface area contributed by atoms with Crippen molar-refractivity contribution >= 4 is 11.6 Å². The summed E-state index contributed by atoms with van der Waals surface area (Å²) in [6.45, 7) is 2.55. The van der Waals surface area contributed by atoms with E-state index < -0.39 is 0 Å². The monoisotopic (exact) mass is 310 g/mol. The third-order valence-corrected chi connectivity index (χ3v) is 4.90. The van der Waals surface area contributed by atoms with Crippen molar-refractivity contribution in [3.63, 3.8) is 0 Å². The first-order valence-corrected chi connectivity index (χ1v) is 8.50. The third kappa shape index (κ3) is 2.71. The van der Waals surface area contributed by atoms with Gasteiger partial charge in [-0.2, -0.15) is 5.10 Å². The number of carbonyl (C=O) groups excluding carboxylic acids is 1. The zero-order chi connectivity index (χ0) is 15.6. The Morgan fingerprint density at radius 3 is 3.09 bits per heavy atom. The number of hydrogen-bond acceptors (Lipinski definition) is 3. The number of hydrogen-bond donors (Lipinski definition) is 2. The topological polar surface area (TPSA) is 61.0 Å². The first-order chi connectivity index (χ1) is 11.3. The maximum atomic E-state index is 12.3. The van der Waals surface area contributed by atoms with Gasteiger partial charge in [-0.15, -0.1) is 0 Å². The van der Waals surface area contributed by atoms with Gasteiger partial charge in [-0.3, -0.25) is 9.89 Å². The standard InChI is InChI=1S/C18H22N4O/c23-18(17-14-7-3-8-15(14)20-21-17)19-10-12-22-11-4-6-13-5-1-2-9-16(13)22/h1-2,5,9H,3-4,6-8,10-12H2,(H,19,23)(H,20,21). The van der Waals surface area contributed by atoms with Crippen LogP contribution in [0.5, 0.6) is 0 Å². The Labute approximate surface area is 136 Å². The maximum Gasteiger partial charge on any atom is 0.272 e. The average Bonchev–Trinajstić information content (AvgIpc) is 3.18. The molecule has 5 heteroatoms. The normalized spacial score (nSPS) is 16.1. The van der Waals surface area contributed by atoms with Crippen LogP contribution in [0.2, 0.25) is 0 Å². The number of nitrogens with one attached hydrogen (secondary N) is 2. The molecule has 0 atom stereocenters. The highest BCUT2D eigenvalue weighted by molar-refractivity contribution is 5.94. The van der Waals surface area contributed by atoms with Crippen LogP contribution in [0.15, 0.2) is 24.3 Å². The van der Waals surface area contributed by atoms with Crippen molar-refractivity contribution in [2.24, 2.45) is 0 Å². The van der Waals surface area contributed by atoms with Gasteiger partial charge >= 0.3 is 0 Å². The molecule has 120 valence electrons. The first-order valence-electron chi connectivity index (χ1n) is 8.50. The Morgan fingerprint density at radius 1 is 1.22 bits per heavy atom. The zero-order valence-corrected chi connectivity index (χ0v) is 13.3. The number of para-hydroxylation sites is 1. The Hall–Kier alpha value is -2.30. The van der Waals surface area contributed by atoms with E-state index in [2.05, 4.69) is 44.7 Å². The molecule has 2 heterocycles. The lowest BCUT2D eigenvalue weighted by molar-refractivity contribution is 0.0948. The van der Waals surface area contributed by atoms with Gasteiger partial charge in [0.05, 0.1) is 0 Å². The second kappa shape index (κ2) is 6.07. The Balaban J connectivity index is 1.36. The molecule has 0 bridgehead atoms. The lowest BCUT2D eigenvalue weighted by Crippen LogP contribution is -2.37. The second-order valence-electron chi connectivity index (χ2n) is 6.36. The smallest absolute Gasteiger partial charge is 0.272 e. The lowest BCUT2D eigenvalue weighted by atomic mass is 10.0. The molecule has 0 saturated carbocycles. The van der Waals surface area contributed by atoms with Gasteiger partial charge in [0.1, 0.15) is 0 Å². The number of aromatic nitrogens is 2. The molecule has 0 fully saturated rings. The van der Waals surface area contributed by atoms with Gasteiger partial charge in [-0.1, -0.05) is 18.2 Å². The van der Waals surface area contributed by atoms with Crippen LogP contribution in [-0.4, -0.2) is 35.7 Å². The number of H-pyrrole nitrogens is 1. The number of aromatic amines is 1. The van der Waals surface area contributed by atoms with E-state index >= 15 is 0 Å². The number of carbonyl (C=O) groups is 1. The first kappa shape index (κ1) is 14.3. The highest BCUT2D eigenvalue weighted by Crippen LogP contribution is 2.26. The number of nitrogens with zero attached hydrogens (tertiary/aromatic N) is 2. The van der Waals surface area contributed by atoms with Gasteiger partial charge in [-0.05, 0) is 43.7 Å². The molecule has 2 aromatic rings. The van der Waals surface area contributed by atoms with Crippen LogP contribution in [0.25, 0.3) is 0 Å². The highest BCUT2D eigenvalue weighted by atomic mass is 16.1. The molecule has 1 aliphatic heterocycles. The van der Waals surface area contributed by atoms with Gasteiger partial charge in [-0.25, -0.2) is 0 Å². The third-order valence-electron chi connectivity index (χ3n) is 4.90. The molecule has 23 heavy (non-hydrogen) atoms. The van der Waals surface area contributed by atoms with Crippen LogP contribution in [0, 0.1) is 0 Å². The summed E-state index contributed by atoms with van der Waals surface area (Å²) in [5.74, 6) is -0.0466. The van der Waals surface area contributed by atoms with Crippen molar-refractivity contribution in [2.45, 2.75) is 32.1 Å². The fraction of sp³-hybridized carbons (Fsp3) is 0.444. The molecule has 0 unspecified atom stereocenters. The summed E-state index contributed by atoms with van der Waals surface area (Å²) in [7, 11) is 0. The minimum atomic E-state index is -0.0466. The van der Waals surface area contributed by atoms with E-state index in [1.165, 1.54) is 17.7 Å². The van der Waals surface area contributed by atoms with Gasteiger partial charge < -0.3 is 10.2 Å². The van der Waals surface area contributed by atoms with Crippen molar-refractivity contribution in [1.82, 2.24) is 15.5 Å². The number of aryl methyl sites for hydroxylation is 2. The average molecular weight is 310 g/mol. The van der Waals surface area contributed by atoms with E-state index in [0.717, 1.165) is 50.0 Å². The fourth-order valence-corrected chi connectivity index (χ4v) is 3.74. The number of amides is 1. The van der Waals surface area contributed by atoms with Crippen molar-refractivity contribution in [3.05, 3.63) is 46.8 Å². The minimum absolute atomic E-state index is 0.0466. The Bertz CT molecular complexity index is 722. The maximum absolute atomic E-state index is 12.3. The molecule has 2 aliphatic rings. The molecule has 0 saturated heterocycles. The zero-order valence-electron chi connectivity index (χ0n) is 13.3. The van der Waals surface area contributed by atoms with E-state index in [1.54, 1.807) is 0 Å². The van der Waals surface area contributed by atoms with Crippen LogP contribution in [-0.2, 0) is 19.3 Å². The Kier molecular flexibility index (Phi) is 3.77. The number of benzene rings is 1. The van der Waals surface area contributed by atoms with Gasteiger partial charge in [0, 0.05) is 36.6 Å². The largest absolute Gasteiger partial charge is 0.370 e. The Morgan fingerprint density at radius 2 is 2.13 bits per heavy atom. The molecule has 1 amide bonds. The van der Waals surface area contributed by atoms with Crippen LogP contribution < -0.4 is 10.2 Å². The summed E-state index contributed by atoms with van der Waals surface area (Å²) in [4.78, 5) is 14.7. The van der Waals surface area contributed by atoms with E-state index in [9.17, 15) is 4.79 Å². The van der Waals surface area contributed by atoms with E-state index in [0.29, 0.717) is 12.2 Å². The van der Waals surface area contributed by atoms with Gasteiger partial charge in [0.15, 0.2) is 5.69 Å². The summed E-state index contributed by atoms with van der Waals surface area (Å²) in [5.41, 5.74) is 5.58. The predicted octanol–water partition coefficient (Wildman–Crippen LogP) is 2.08. The van der Waals surface area contributed by atoms with E-state index in [4.69, 9.17) is 0 Å². The van der Waals surface area contributed by atoms with Gasteiger partial charge in [0.25, 0.3) is 5.91 Å². The molecule has 0 spiro atoms. The molecule has 5 nitrogen and oxygen atoms in total. The highest BCUT2D eigenvalue weighted by Gasteiger charge is 2.23. The molecular formula is C18H22N4O. The summed E-state index contributed by atoms with van der Waals surface area (Å²) in [6, 6.07) is 8.56. The van der Waals surface area contributed by atoms with Crippen molar-refractivity contribution in [3.8, 4) is 0 Å². The number of anilines is 1. The molecule has 2 N–H and O–H groups in total. The van der Waals surface area contributed by atoms with Crippen LogP contribution in [0.1, 0.15) is 40.2 Å². The fourth-order valence-electron chi connectivity index (χ4n) is 3.74. The molecule has 1 aromatic heterocycles. The molecule has 0 radical (unpaired) electrons. The van der Waals surface area contributed by atoms with E-state index in [1.807, 2.05) is 0 Å². The van der Waals surface area contributed by atoms with Crippen molar-refractivity contribution in [1.29, 1.82) is 0 Å². The summed E-state index contributed by atoms with van der Waals surface area (Å²) < 4.78 is 0. The second-order valence-corrected chi connectivity index (χ2v) is 6.36. The SMILES string of the molecule is O=C(NCCN1CCCc2ccccc21)c1n[nH]c2c1CCC2. The number of rotatable bonds is 4. The number of fused-ring (bicyclic) bond motifs is 2. The molecular weight excluding hydrogens is 288 g/mol. The summed E-state index contributed by atoms with van der Waals surface area (Å²) in [5, 5.41) is 10.2. The molecule has 1 aliphatic carbocycles. The quantitative estimate of drug-likeness (QED) is 0.909. The molecule has 1 aromatic carbocycles. The van der Waals surface area contributed by atoms with Crippen molar-refractivity contribution in [2.75, 3.05) is 24.5 Å². The van der Waals surface area contributed by atoms with E-state index in [-0.39, 0.29) is 5.91 Å². The summed E-state index contributed by atoms with van der Waals surface area (Å²) in [6.07, 6.45) is 5.43. The van der Waals surface area contributed by atoms with Crippen LogP contribution >= 0.6 is 0 Å². The minimum Gasteiger partial charge on any atom is -0.370 e. The van der Waals surface area contributed by atoms with Crippen LogP contribution in [0.4, 0.5) is 5.69 Å². The van der Waals surface area contributed by atoms with Crippen molar-refractivity contribution < 1.29 is 4.79 Å². The summed E-state index contributed by atoms with van der Waals surface area (Å²) >= 11 is 0. The van der Waals surface area contributed by atoms with Gasteiger partial charge in [0.2, 0.25) is 0 Å². The van der Waals surface area contributed by atoms with Crippen LogP contribution in [0.3, 0.4) is 0 Å².